The topological polar surface area (TPSA) is 44.5 Å². The van der Waals surface area contributed by atoms with E-state index in [-0.39, 0.29) is 6.04 Å². The second-order valence-electron chi connectivity index (χ2n) is 5.92. The van der Waals surface area contributed by atoms with E-state index >= 15 is 0 Å². The van der Waals surface area contributed by atoms with Crippen LogP contribution in [0.4, 0.5) is 0 Å². The Balaban J connectivity index is 2.04. The van der Waals surface area contributed by atoms with Gasteiger partial charge in [0.05, 0.1) is 18.7 Å². The van der Waals surface area contributed by atoms with Gasteiger partial charge in [-0.25, -0.2) is 0 Å². The monoisotopic (exact) mass is 355 g/mol. The normalized spacial score (nSPS) is 17.5. The first-order valence-corrected chi connectivity index (χ1v) is 8.62. The lowest BCUT2D eigenvalue weighted by molar-refractivity contribution is 0.321. The molecule has 1 fully saturated rings. The molecule has 1 saturated carbocycles. The first-order chi connectivity index (χ1) is 10.2. The molecule has 3 nitrogen and oxygen atoms in total. The van der Waals surface area contributed by atoms with E-state index in [2.05, 4.69) is 15.9 Å². The Bertz CT molecular complexity index is 458. The number of halogens is 1. The molecule has 2 rings (SSSR count). The maximum absolute atomic E-state index is 6.41. The Morgan fingerprint density at radius 2 is 1.81 bits per heavy atom. The van der Waals surface area contributed by atoms with Crippen LogP contribution in [0.5, 0.6) is 11.5 Å². The molecular weight excluding hydrogens is 330 g/mol. The van der Waals surface area contributed by atoms with Crippen LogP contribution in [0.25, 0.3) is 0 Å². The van der Waals surface area contributed by atoms with Gasteiger partial charge in [0.2, 0.25) is 0 Å². The predicted octanol–water partition coefficient (Wildman–Crippen LogP) is 4.83. The van der Waals surface area contributed by atoms with Crippen LogP contribution in [0.2, 0.25) is 0 Å². The number of nitrogens with two attached hydrogens (primary N) is 1. The number of hydrogen-bond acceptors (Lipinski definition) is 3. The fourth-order valence-corrected chi connectivity index (χ4v) is 3.70. The lowest BCUT2D eigenvalue weighted by atomic mass is 9.84. The van der Waals surface area contributed by atoms with E-state index in [9.17, 15) is 0 Å². The summed E-state index contributed by atoms with van der Waals surface area (Å²) in [6.45, 7) is 0. The molecule has 0 heterocycles. The van der Waals surface area contributed by atoms with Crippen molar-refractivity contribution in [2.75, 3.05) is 14.2 Å². The van der Waals surface area contributed by atoms with Crippen LogP contribution >= 0.6 is 15.9 Å². The minimum Gasteiger partial charge on any atom is -0.496 e. The Labute approximate surface area is 136 Å². The Kier molecular flexibility index (Phi) is 6.37. The molecule has 0 aromatic heterocycles. The van der Waals surface area contributed by atoms with Crippen LogP contribution in [0, 0.1) is 5.92 Å². The SMILES string of the molecule is COc1cc(C(N)CCC2CCCCC2)c(OC)cc1Br. The van der Waals surface area contributed by atoms with E-state index in [0.717, 1.165) is 33.9 Å². The Morgan fingerprint density at radius 1 is 1.14 bits per heavy atom. The Hall–Kier alpha value is -0.740. The minimum absolute atomic E-state index is 0.00359. The molecule has 1 aliphatic rings. The van der Waals surface area contributed by atoms with Crippen LogP contribution in [0.3, 0.4) is 0 Å². The summed E-state index contributed by atoms with van der Waals surface area (Å²) in [5, 5.41) is 0. The zero-order chi connectivity index (χ0) is 15.2. The number of benzene rings is 1. The minimum atomic E-state index is 0.00359. The van der Waals surface area contributed by atoms with Crippen LogP contribution in [0.15, 0.2) is 16.6 Å². The van der Waals surface area contributed by atoms with Crippen molar-refractivity contribution in [3.05, 3.63) is 22.2 Å². The highest BCUT2D eigenvalue weighted by Gasteiger charge is 2.19. The molecule has 21 heavy (non-hydrogen) atoms. The van der Waals surface area contributed by atoms with Crippen molar-refractivity contribution in [3.63, 3.8) is 0 Å². The molecule has 118 valence electrons. The highest BCUT2D eigenvalue weighted by molar-refractivity contribution is 9.10. The smallest absolute Gasteiger partial charge is 0.133 e. The van der Waals surface area contributed by atoms with Gasteiger partial charge in [-0.1, -0.05) is 32.1 Å². The quantitative estimate of drug-likeness (QED) is 0.794. The summed E-state index contributed by atoms with van der Waals surface area (Å²) in [6.07, 6.45) is 9.13. The molecule has 0 aliphatic heterocycles. The second kappa shape index (κ2) is 8.04. The molecule has 4 heteroatoms. The zero-order valence-corrected chi connectivity index (χ0v) is 14.6. The number of ether oxygens (including phenoxy) is 2. The molecule has 0 saturated heterocycles. The van der Waals surface area contributed by atoms with Crippen molar-refractivity contribution in [1.29, 1.82) is 0 Å². The summed E-state index contributed by atoms with van der Waals surface area (Å²) < 4.78 is 11.7. The van der Waals surface area contributed by atoms with Gasteiger partial charge in [0.25, 0.3) is 0 Å². The van der Waals surface area contributed by atoms with Crippen molar-refractivity contribution in [2.24, 2.45) is 11.7 Å². The van der Waals surface area contributed by atoms with E-state index in [4.69, 9.17) is 15.2 Å². The molecule has 1 aromatic rings. The molecule has 0 radical (unpaired) electrons. The van der Waals surface area contributed by atoms with Gasteiger partial charge in [-0.15, -0.1) is 0 Å². The fourth-order valence-electron chi connectivity index (χ4n) is 3.22. The van der Waals surface area contributed by atoms with Crippen molar-refractivity contribution in [3.8, 4) is 11.5 Å². The van der Waals surface area contributed by atoms with Gasteiger partial charge < -0.3 is 15.2 Å². The number of rotatable bonds is 6. The number of hydrogen-bond donors (Lipinski definition) is 1. The average Bonchev–Trinajstić information content (AvgIpc) is 2.53. The molecule has 1 atom stereocenters. The maximum atomic E-state index is 6.41. The van der Waals surface area contributed by atoms with Crippen LogP contribution in [-0.4, -0.2) is 14.2 Å². The van der Waals surface area contributed by atoms with Crippen molar-refractivity contribution in [2.45, 2.75) is 51.0 Å². The largest absolute Gasteiger partial charge is 0.496 e. The first-order valence-electron chi connectivity index (χ1n) is 7.82. The summed E-state index contributed by atoms with van der Waals surface area (Å²) >= 11 is 3.49. The lowest BCUT2D eigenvalue weighted by Crippen LogP contribution is -2.15. The highest BCUT2D eigenvalue weighted by Crippen LogP contribution is 2.37. The summed E-state index contributed by atoms with van der Waals surface area (Å²) in [4.78, 5) is 0. The summed E-state index contributed by atoms with van der Waals surface area (Å²) in [5.74, 6) is 2.49. The van der Waals surface area contributed by atoms with Crippen molar-refractivity contribution in [1.82, 2.24) is 0 Å². The standard InChI is InChI=1S/C17H26BrNO2/c1-20-16-11-14(18)17(21-2)10-13(16)15(19)9-8-12-6-4-3-5-7-12/h10-12,15H,3-9,19H2,1-2H3. The molecule has 0 spiro atoms. The molecular formula is C17H26BrNO2. The van der Waals surface area contributed by atoms with Gasteiger partial charge >= 0.3 is 0 Å². The van der Waals surface area contributed by atoms with Gasteiger partial charge in [-0.3, -0.25) is 0 Å². The van der Waals surface area contributed by atoms with Gasteiger partial charge in [0.1, 0.15) is 11.5 Å². The van der Waals surface area contributed by atoms with Gasteiger partial charge in [-0.05, 0) is 46.8 Å². The van der Waals surface area contributed by atoms with Crippen LogP contribution in [0.1, 0.15) is 56.6 Å². The van der Waals surface area contributed by atoms with Crippen LogP contribution < -0.4 is 15.2 Å². The van der Waals surface area contributed by atoms with Crippen LogP contribution in [-0.2, 0) is 0 Å². The lowest BCUT2D eigenvalue weighted by Gasteiger charge is -2.24. The summed E-state index contributed by atoms with van der Waals surface area (Å²) in [5.41, 5.74) is 7.45. The number of methoxy groups -OCH3 is 2. The predicted molar refractivity (Wildman–Crippen MR) is 90.0 cm³/mol. The Morgan fingerprint density at radius 3 is 2.43 bits per heavy atom. The fraction of sp³-hybridized carbons (Fsp3) is 0.647. The highest BCUT2D eigenvalue weighted by atomic mass is 79.9. The molecule has 1 aromatic carbocycles. The van der Waals surface area contributed by atoms with Crippen molar-refractivity contribution >= 4 is 15.9 Å². The maximum Gasteiger partial charge on any atom is 0.133 e. The van der Waals surface area contributed by atoms with Gasteiger partial charge in [0, 0.05) is 11.6 Å². The van der Waals surface area contributed by atoms with E-state index in [1.54, 1.807) is 14.2 Å². The first kappa shape index (κ1) is 16.6. The van der Waals surface area contributed by atoms with Crippen molar-refractivity contribution < 1.29 is 9.47 Å². The van der Waals surface area contributed by atoms with Gasteiger partial charge in [-0.2, -0.15) is 0 Å². The van der Waals surface area contributed by atoms with E-state index < -0.39 is 0 Å². The summed E-state index contributed by atoms with van der Waals surface area (Å²) in [7, 11) is 3.36. The molecule has 1 aliphatic carbocycles. The summed E-state index contributed by atoms with van der Waals surface area (Å²) in [6, 6.07) is 3.94. The third-order valence-electron chi connectivity index (χ3n) is 4.51. The molecule has 1 unspecified atom stereocenters. The molecule has 0 bridgehead atoms. The molecule has 2 N–H and O–H groups in total. The van der Waals surface area contributed by atoms with E-state index in [1.807, 2.05) is 12.1 Å². The third kappa shape index (κ3) is 4.36. The van der Waals surface area contributed by atoms with E-state index in [1.165, 1.54) is 38.5 Å². The average molecular weight is 356 g/mol. The van der Waals surface area contributed by atoms with E-state index in [0.29, 0.717) is 0 Å². The second-order valence-corrected chi connectivity index (χ2v) is 6.77. The zero-order valence-electron chi connectivity index (χ0n) is 13.0. The molecule has 0 amide bonds. The third-order valence-corrected chi connectivity index (χ3v) is 5.13. The van der Waals surface area contributed by atoms with Gasteiger partial charge in [0.15, 0.2) is 0 Å².